The number of anilines is 1. The van der Waals surface area contributed by atoms with Gasteiger partial charge >= 0.3 is 6.18 Å². The highest BCUT2D eigenvalue weighted by Gasteiger charge is 2.44. The summed E-state index contributed by atoms with van der Waals surface area (Å²) >= 11 is 0. The SMILES string of the molecule is Cc1cc(C2=CC=CC2)cc(C)c1N1C(=O)c2cc3cc4c(cc3cc2C1=O)C(=O)C(c1nc2ccc(C(F)(F)F)cc2c(=O)n1Cc1ccccc1)C4=O. The summed E-state index contributed by atoms with van der Waals surface area (Å²) in [7, 11) is 0. The number of nitrogens with zero attached hydrogens (tertiary/aromatic N) is 3. The Morgan fingerprint density at radius 1 is 0.745 bits per heavy atom. The number of benzene rings is 5. The molecule has 1 aromatic heterocycles. The number of amides is 2. The number of fused-ring (bicyclic) bond motifs is 4. The lowest BCUT2D eigenvalue weighted by molar-refractivity contribution is -0.137. The fourth-order valence-corrected chi connectivity index (χ4v) is 8.02. The van der Waals surface area contributed by atoms with E-state index < -0.39 is 46.6 Å². The molecular weight excluding hydrogens is 707 g/mol. The van der Waals surface area contributed by atoms with Crippen LogP contribution in [0, 0.1) is 13.8 Å². The van der Waals surface area contributed by atoms with Crippen molar-refractivity contribution in [3.05, 3.63) is 169 Å². The van der Waals surface area contributed by atoms with Crippen molar-refractivity contribution >= 4 is 56.3 Å². The van der Waals surface area contributed by atoms with E-state index in [1.165, 1.54) is 17.0 Å². The highest BCUT2D eigenvalue weighted by molar-refractivity contribution is 6.36. The van der Waals surface area contributed by atoms with Crippen LogP contribution in [0.1, 0.15) is 87.4 Å². The number of ketones is 2. The van der Waals surface area contributed by atoms with Crippen LogP contribution in [-0.2, 0) is 12.7 Å². The van der Waals surface area contributed by atoms with Crippen LogP contribution in [0.5, 0.6) is 0 Å². The van der Waals surface area contributed by atoms with Crippen molar-refractivity contribution in [1.29, 1.82) is 0 Å². The molecule has 1 aliphatic heterocycles. The maximum atomic E-state index is 14.2. The smallest absolute Gasteiger partial charge is 0.293 e. The van der Waals surface area contributed by atoms with Crippen molar-refractivity contribution < 1.29 is 32.3 Å². The van der Waals surface area contributed by atoms with E-state index in [4.69, 9.17) is 0 Å². The van der Waals surface area contributed by atoms with Crippen molar-refractivity contribution in [3.8, 4) is 0 Å². The molecule has 2 aliphatic carbocycles. The number of carbonyl (C=O) groups is 4. The predicted octanol–water partition coefficient (Wildman–Crippen LogP) is 8.54. The van der Waals surface area contributed by atoms with Gasteiger partial charge < -0.3 is 0 Å². The molecule has 8 nitrogen and oxygen atoms in total. The van der Waals surface area contributed by atoms with Crippen LogP contribution in [0.4, 0.5) is 18.9 Å². The van der Waals surface area contributed by atoms with E-state index in [1.807, 2.05) is 38.1 Å². The Bertz CT molecular complexity index is 2790. The van der Waals surface area contributed by atoms with E-state index in [-0.39, 0.29) is 45.5 Å². The van der Waals surface area contributed by atoms with Crippen LogP contribution in [0.2, 0.25) is 0 Å². The Labute approximate surface area is 310 Å². The lowest BCUT2D eigenvalue weighted by atomic mass is 9.97. The summed E-state index contributed by atoms with van der Waals surface area (Å²) in [5, 5.41) is 0.581. The topological polar surface area (TPSA) is 106 Å². The van der Waals surface area contributed by atoms with Gasteiger partial charge in [0.2, 0.25) is 0 Å². The number of hydrogen-bond donors (Lipinski definition) is 0. The number of carbonyl (C=O) groups excluding carboxylic acids is 4. The molecule has 9 rings (SSSR count). The molecule has 0 spiro atoms. The Kier molecular flexibility index (Phi) is 7.51. The third kappa shape index (κ3) is 5.29. The predicted molar refractivity (Wildman–Crippen MR) is 201 cm³/mol. The van der Waals surface area contributed by atoms with E-state index in [1.54, 1.807) is 42.5 Å². The third-order valence-corrected chi connectivity index (χ3v) is 10.6. The average Bonchev–Trinajstić information content (AvgIpc) is 3.84. The lowest BCUT2D eigenvalue weighted by Crippen LogP contribution is -2.31. The zero-order chi connectivity index (χ0) is 38.5. The second kappa shape index (κ2) is 12.1. The van der Waals surface area contributed by atoms with Crippen LogP contribution in [0.25, 0.3) is 27.2 Å². The fraction of sp³-hybridized carbons (Fsp3) is 0.136. The minimum absolute atomic E-state index is 0.0436. The highest BCUT2D eigenvalue weighted by atomic mass is 19.4. The third-order valence-electron chi connectivity index (χ3n) is 10.6. The largest absolute Gasteiger partial charge is 0.416 e. The zero-order valence-corrected chi connectivity index (χ0v) is 29.3. The van der Waals surface area contributed by atoms with Crippen LogP contribution in [0.15, 0.2) is 108 Å². The second-order valence-corrected chi connectivity index (χ2v) is 14.1. The number of alkyl halides is 3. The van der Waals surface area contributed by atoms with E-state index in [2.05, 4.69) is 11.1 Å². The van der Waals surface area contributed by atoms with Crippen molar-refractivity contribution in [2.45, 2.75) is 38.9 Å². The number of halogens is 3. The van der Waals surface area contributed by atoms with Crippen molar-refractivity contribution in [2.75, 3.05) is 4.90 Å². The Morgan fingerprint density at radius 3 is 1.91 bits per heavy atom. The van der Waals surface area contributed by atoms with Crippen molar-refractivity contribution in [3.63, 3.8) is 0 Å². The fourth-order valence-electron chi connectivity index (χ4n) is 8.02. The van der Waals surface area contributed by atoms with Gasteiger partial charge in [-0.05, 0) is 113 Å². The monoisotopic (exact) mass is 735 g/mol. The van der Waals surface area contributed by atoms with Gasteiger partial charge in [0.25, 0.3) is 17.4 Å². The number of imide groups is 1. The first kappa shape index (κ1) is 34.0. The molecule has 0 bridgehead atoms. The molecule has 270 valence electrons. The zero-order valence-electron chi connectivity index (χ0n) is 29.3. The van der Waals surface area contributed by atoms with E-state index in [0.717, 1.165) is 51.5 Å². The molecule has 0 N–H and O–H groups in total. The van der Waals surface area contributed by atoms with Gasteiger partial charge in [-0.15, -0.1) is 0 Å². The molecule has 3 aliphatic rings. The molecule has 5 aromatic carbocycles. The summed E-state index contributed by atoms with van der Waals surface area (Å²) in [6.45, 7) is 3.56. The summed E-state index contributed by atoms with van der Waals surface area (Å²) < 4.78 is 42.0. The molecule has 0 saturated heterocycles. The second-order valence-electron chi connectivity index (χ2n) is 14.1. The molecule has 0 fully saturated rings. The number of hydrogen-bond acceptors (Lipinski definition) is 6. The van der Waals surface area contributed by atoms with E-state index >= 15 is 0 Å². The molecule has 0 radical (unpaired) electrons. The van der Waals surface area contributed by atoms with Gasteiger partial charge in [0.05, 0.1) is 39.8 Å². The van der Waals surface area contributed by atoms with Gasteiger partial charge in [-0.25, -0.2) is 9.88 Å². The minimum Gasteiger partial charge on any atom is -0.293 e. The molecule has 11 heteroatoms. The highest BCUT2D eigenvalue weighted by Crippen LogP contribution is 2.41. The van der Waals surface area contributed by atoms with E-state index in [9.17, 15) is 37.1 Å². The first-order valence-corrected chi connectivity index (χ1v) is 17.5. The summed E-state index contributed by atoms with van der Waals surface area (Å²) in [4.78, 5) is 75.9. The standard InChI is InChI=1S/C44H28F3N3O5/c1-22-14-26(25-10-6-7-11-25)15-23(2)37(22)50-42(54)32-18-27-16-30-31(17-28(27)19-33(32)43(50)55)39(52)36(38(30)51)40-48-35-13-12-29(44(45,46)47)20-34(35)41(53)49(40)21-24-8-4-3-5-9-24/h3-10,12-20,36H,11,21H2,1-2H3. The maximum Gasteiger partial charge on any atom is 0.416 e. The molecule has 2 heterocycles. The first-order chi connectivity index (χ1) is 26.3. The normalized spacial score (nSPS) is 15.5. The Morgan fingerprint density at radius 2 is 1.35 bits per heavy atom. The van der Waals surface area contributed by atoms with Crippen LogP contribution >= 0.6 is 0 Å². The molecule has 0 unspecified atom stereocenters. The minimum atomic E-state index is -4.72. The van der Waals surface area contributed by atoms with Crippen molar-refractivity contribution in [2.24, 2.45) is 0 Å². The van der Waals surface area contributed by atoms with Crippen molar-refractivity contribution in [1.82, 2.24) is 9.55 Å². The van der Waals surface area contributed by atoms with Gasteiger partial charge in [-0.1, -0.05) is 48.6 Å². The van der Waals surface area contributed by atoms with Crippen LogP contribution in [0.3, 0.4) is 0 Å². The van der Waals surface area contributed by atoms with E-state index in [0.29, 0.717) is 22.0 Å². The number of Topliss-reactive ketones (excluding diaryl/α,β-unsaturated/α-hetero) is 2. The lowest BCUT2D eigenvalue weighted by Gasteiger charge is -2.21. The Hall–Kier alpha value is -6.75. The number of aromatic nitrogens is 2. The van der Waals surface area contributed by atoms with Gasteiger partial charge in [0.15, 0.2) is 11.6 Å². The van der Waals surface area contributed by atoms with Crippen LogP contribution < -0.4 is 10.5 Å². The number of allylic oxidation sites excluding steroid dienone is 4. The maximum absolute atomic E-state index is 14.2. The van der Waals surface area contributed by atoms with Crippen LogP contribution in [-0.4, -0.2) is 32.9 Å². The molecule has 6 aromatic rings. The molecular formula is C44H28F3N3O5. The number of aryl methyl sites for hydroxylation is 2. The first-order valence-electron chi connectivity index (χ1n) is 17.5. The summed E-state index contributed by atoms with van der Waals surface area (Å²) in [6.07, 6.45) is 2.17. The molecule has 0 saturated carbocycles. The molecule has 55 heavy (non-hydrogen) atoms. The quantitative estimate of drug-likeness (QED) is 0.130. The average molecular weight is 736 g/mol. The Balaban J connectivity index is 1.12. The van der Waals surface area contributed by atoms with Gasteiger partial charge in [0.1, 0.15) is 11.7 Å². The van der Waals surface area contributed by atoms with Gasteiger partial charge in [0, 0.05) is 11.1 Å². The summed E-state index contributed by atoms with van der Waals surface area (Å²) in [5.74, 6) is -4.08. The number of rotatable bonds is 5. The molecule has 2 amide bonds. The van der Waals surface area contributed by atoms with Gasteiger partial charge in [-0.3, -0.25) is 28.5 Å². The summed E-state index contributed by atoms with van der Waals surface area (Å²) in [5.41, 5.74) is 3.22. The van der Waals surface area contributed by atoms with Gasteiger partial charge in [-0.2, -0.15) is 13.2 Å². The molecule has 0 atom stereocenters. The summed E-state index contributed by atoms with van der Waals surface area (Å²) in [6, 6.07) is 21.2.